The lowest BCUT2D eigenvalue weighted by molar-refractivity contribution is -0.118. The zero-order valence-corrected chi connectivity index (χ0v) is 16.9. The fourth-order valence-corrected chi connectivity index (χ4v) is 4.22. The third kappa shape index (κ3) is 4.63. The molecular weight excluding hydrogens is 376 g/mol. The van der Waals surface area contributed by atoms with Crippen molar-refractivity contribution in [2.24, 2.45) is 0 Å². The lowest BCUT2D eigenvalue weighted by Gasteiger charge is -2.14. The number of nitrogen functional groups attached to an aromatic ring is 1. The van der Waals surface area contributed by atoms with Crippen LogP contribution in [0.25, 0.3) is 5.76 Å². The van der Waals surface area contributed by atoms with E-state index in [-0.39, 0.29) is 23.7 Å². The van der Waals surface area contributed by atoms with Crippen molar-refractivity contribution in [3.05, 3.63) is 45.0 Å². The van der Waals surface area contributed by atoms with Crippen molar-refractivity contribution in [2.45, 2.75) is 32.1 Å². The Morgan fingerprint density at radius 1 is 1.32 bits per heavy atom. The van der Waals surface area contributed by atoms with Crippen molar-refractivity contribution < 1.29 is 14.7 Å². The number of carbonyl (C=O) groups excluding carboxylic acids is 2. The number of rotatable bonds is 7. The van der Waals surface area contributed by atoms with Gasteiger partial charge in [-0.05, 0) is 52.0 Å². The third-order valence-electron chi connectivity index (χ3n) is 4.59. The van der Waals surface area contributed by atoms with Crippen LogP contribution in [0.1, 0.15) is 45.2 Å². The van der Waals surface area contributed by atoms with Gasteiger partial charge in [-0.1, -0.05) is 0 Å². The molecule has 1 aliphatic carbocycles. The summed E-state index contributed by atoms with van der Waals surface area (Å²) >= 11 is 1.26. The van der Waals surface area contributed by atoms with Crippen LogP contribution in [-0.4, -0.2) is 52.2 Å². The minimum absolute atomic E-state index is 0.0714. The maximum Gasteiger partial charge on any atom is 0.204 e. The highest BCUT2D eigenvalue weighted by molar-refractivity contribution is 7.14. The molecule has 3 rings (SSSR count). The van der Waals surface area contributed by atoms with Gasteiger partial charge < -0.3 is 15.7 Å². The first-order valence-corrected chi connectivity index (χ1v) is 10.0. The Balaban J connectivity index is 1.74. The zero-order chi connectivity index (χ0) is 20.3. The van der Waals surface area contributed by atoms with Gasteiger partial charge in [-0.2, -0.15) is 0 Å². The molecule has 0 aliphatic heterocycles. The van der Waals surface area contributed by atoms with E-state index in [0.29, 0.717) is 46.1 Å². The molecule has 0 saturated heterocycles. The van der Waals surface area contributed by atoms with Gasteiger partial charge in [-0.3, -0.25) is 9.59 Å². The molecule has 3 N–H and O–H groups in total. The van der Waals surface area contributed by atoms with E-state index in [1.165, 1.54) is 17.5 Å². The van der Waals surface area contributed by atoms with Crippen LogP contribution >= 0.6 is 11.3 Å². The number of aliphatic hydroxyl groups is 1. The normalized spacial score (nSPS) is 15.6. The van der Waals surface area contributed by atoms with Crippen LogP contribution in [0.5, 0.6) is 0 Å². The summed E-state index contributed by atoms with van der Waals surface area (Å²) in [5, 5.41) is 11.2. The van der Waals surface area contributed by atoms with E-state index in [4.69, 9.17) is 5.73 Å². The SMILES string of the molecule is CN(C)CCCC(=O)Cc1nc2c(s1)C(=O)/C(=C(\O)c1ccc(N)nc1)CC2. The van der Waals surface area contributed by atoms with Crippen molar-refractivity contribution in [1.29, 1.82) is 0 Å². The first-order valence-electron chi connectivity index (χ1n) is 9.19. The number of aliphatic hydroxyl groups excluding tert-OH is 1. The number of nitrogens with zero attached hydrogens (tertiary/aromatic N) is 3. The molecule has 0 bridgehead atoms. The van der Waals surface area contributed by atoms with Gasteiger partial charge in [0.1, 0.15) is 22.4 Å². The Labute approximate surface area is 167 Å². The van der Waals surface area contributed by atoms with E-state index in [2.05, 4.69) is 9.97 Å². The molecule has 0 fully saturated rings. The van der Waals surface area contributed by atoms with Gasteiger partial charge in [0, 0.05) is 23.8 Å². The Kier molecular flexibility index (Phi) is 6.21. The molecule has 2 heterocycles. The largest absolute Gasteiger partial charge is 0.507 e. The quantitative estimate of drug-likeness (QED) is 0.543. The Bertz CT molecular complexity index is 916. The van der Waals surface area contributed by atoms with Crippen molar-refractivity contribution in [3.8, 4) is 0 Å². The molecule has 148 valence electrons. The molecule has 2 aromatic heterocycles. The number of fused-ring (bicyclic) bond motifs is 1. The van der Waals surface area contributed by atoms with Crippen LogP contribution in [0.4, 0.5) is 5.82 Å². The number of anilines is 1. The molecule has 0 saturated carbocycles. The highest BCUT2D eigenvalue weighted by atomic mass is 32.1. The molecule has 7 nitrogen and oxygen atoms in total. The fraction of sp³-hybridized carbons (Fsp3) is 0.400. The summed E-state index contributed by atoms with van der Waals surface area (Å²) in [6.45, 7) is 0.867. The van der Waals surface area contributed by atoms with Gasteiger partial charge in [-0.15, -0.1) is 11.3 Å². The Morgan fingerprint density at radius 2 is 2.11 bits per heavy atom. The summed E-state index contributed by atoms with van der Waals surface area (Å²) in [4.78, 5) is 36.1. The molecule has 0 spiro atoms. The average Bonchev–Trinajstić information content (AvgIpc) is 3.05. The summed E-state index contributed by atoms with van der Waals surface area (Å²) < 4.78 is 0. The van der Waals surface area contributed by atoms with Crippen LogP contribution in [-0.2, 0) is 17.6 Å². The van der Waals surface area contributed by atoms with Crippen molar-refractivity contribution in [2.75, 3.05) is 26.4 Å². The molecular formula is C20H24N4O3S. The maximum atomic E-state index is 12.9. The second-order valence-corrected chi connectivity index (χ2v) is 8.22. The van der Waals surface area contributed by atoms with Crippen LogP contribution in [0.15, 0.2) is 23.9 Å². The number of hydrogen-bond acceptors (Lipinski definition) is 8. The highest BCUT2D eigenvalue weighted by Crippen LogP contribution is 2.33. The second-order valence-electron chi connectivity index (χ2n) is 7.13. The van der Waals surface area contributed by atoms with Crippen LogP contribution < -0.4 is 5.73 Å². The number of ketones is 2. The first-order chi connectivity index (χ1) is 13.3. The van der Waals surface area contributed by atoms with Gasteiger partial charge >= 0.3 is 0 Å². The minimum Gasteiger partial charge on any atom is -0.507 e. The maximum absolute atomic E-state index is 12.9. The van der Waals surface area contributed by atoms with Crippen molar-refractivity contribution >= 4 is 34.5 Å². The van der Waals surface area contributed by atoms with E-state index in [1.54, 1.807) is 12.1 Å². The average molecular weight is 401 g/mol. The van der Waals surface area contributed by atoms with Gasteiger partial charge in [0.05, 0.1) is 17.0 Å². The van der Waals surface area contributed by atoms with Crippen LogP contribution in [0, 0.1) is 0 Å². The molecule has 2 aromatic rings. The number of pyridine rings is 1. The monoisotopic (exact) mass is 400 g/mol. The molecule has 8 heteroatoms. The zero-order valence-electron chi connectivity index (χ0n) is 16.1. The van der Waals surface area contributed by atoms with E-state index in [1.807, 2.05) is 19.0 Å². The van der Waals surface area contributed by atoms with E-state index >= 15 is 0 Å². The predicted octanol–water partition coefficient (Wildman–Crippen LogP) is 2.67. The third-order valence-corrected chi connectivity index (χ3v) is 5.69. The second kappa shape index (κ2) is 8.62. The van der Waals surface area contributed by atoms with Gasteiger partial charge in [-0.25, -0.2) is 9.97 Å². The standard InChI is InChI=1S/C20H24N4O3S/c1-24(2)9-3-4-13(25)10-17-23-15-7-6-14(19(27)20(15)28-17)18(26)12-5-8-16(21)22-11-12/h5,8,11,26H,3-4,6-7,9-10H2,1-2H3,(H2,21,22)/b18-14-. The smallest absolute Gasteiger partial charge is 0.204 e. The summed E-state index contributed by atoms with van der Waals surface area (Å²) in [5.74, 6) is 0.186. The van der Waals surface area contributed by atoms with E-state index < -0.39 is 0 Å². The summed E-state index contributed by atoms with van der Waals surface area (Å²) in [5.41, 5.74) is 7.10. The Morgan fingerprint density at radius 3 is 2.79 bits per heavy atom. The summed E-state index contributed by atoms with van der Waals surface area (Å²) in [6.07, 6.45) is 3.99. The predicted molar refractivity (Wildman–Crippen MR) is 109 cm³/mol. The number of allylic oxidation sites excluding steroid dienone is 1. The lowest BCUT2D eigenvalue weighted by Crippen LogP contribution is -2.14. The molecule has 0 unspecified atom stereocenters. The fourth-order valence-electron chi connectivity index (χ4n) is 3.11. The van der Waals surface area contributed by atoms with Gasteiger partial charge in [0.2, 0.25) is 5.78 Å². The Hall–Kier alpha value is -2.58. The molecule has 0 aromatic carbocycles. The van der Waals surface area contributed by atoms with Gasteiger partial charge in [0.15, 0.2) is 0 Å². The van der Waals surface area contributed by atoms with Crippen LogP contribution in [0.3, 0.4) is 0 Å². The number of nitrogens with two attached hydrogens (primary N) is 1. The summed E-state index contributed by atoms with van der Waals surface area (Å²) in [7, 11) is 3.96. The number of aryl methyl sites for hydroxylation is 1. The highest BCUT2D eigenvalue weighted by Gasteiger charge is 2.29. The topological polar surface area (TPSA) is 109 Å². The lowest BCUT2D eigenvalue weighted by atomic mass is 9.93. The molecule has 0 radical (unpaired) electrons. The number of thiazole rings is 1. The van der Waals surface area contributed by atoms with Gasteiger partial charge in [0.25, 0.3) is 0 Å². The van der Waals surface area contributed by atoms with Crippen molar-refractivity contribution in [3.63, 3.8) is 0 Å². The molecule has 28 heavy (non-hydrogen) atoms. The minimum atomic E-state index is -0.223. The molecule has 0 amide bonds. The molecule has 1 aliphatic rings. The number of hydrogen-bond donors (Lipinski definition) is 2. The summed E-state index contributed by atoms with van der Waals surface area (Å²) in [6, 6.07) is 3.22. The van der Waals surface area contributed by atoms with E-state index in [0.717, 1.165) is 18.7 Å². The van der Waals surface area contributed by atoms with Crippen LogP contribution in [0.2, 0.25) is 0 Å². The number of Topliss-reactive ketones (excluding diaryl/α,β-unsaturated/α-hetero) is 2. The number of carbonyl (C=O) groups is 2. The van der Waals surface area contributed by atoms with E-state index in [9.17, 15) is 14.7 Å². The number of aromatic nitrogens is 2. The van der Waals surface area contributed by atoms with Crippen molar-refractivity contribution in [1.82, 2.24) is 14.9 Å². The molecule has 0 atom stereocenters. The first kappa shape index (κ1) is 20.2.